The van der Waals surface area contributed by atoms with E-state index in [2.05, 4.69) is 45.1 Å². The maximum absolute atomic E-state index is 3.22. The van der Waals surface area contributed by atoms with Crippen LogP contribution in [0.4, 0.5) is 0 Å². The predicted molar refractivity (Wildman–Crippen MR) is 67.6 cm³/mol. The lowest BCUT2D eigenvalue weighted by Crippen LogP contribution is -2.12. The fourth-order valence-corrected chi connectivity index (χ4v) is 2.47. The zero-order valence-electron chi connectivity index (χ0n) is 10.6. The normalized spacial score (nSPS) is 12.9. The Hall–Kier alpha value is -0.820. The van der Waals surface area contributed by atoms with Gasteiger partial charge in [0.1, 0.15) is 0 Å². The summed E-state index contributed by atoms with van der Waals surface area (Å²) in [6.45, 7) is 10.0. The Bertz CT molecular complexity index is 305. The molecule has 0 aliphatic rings. The fourth-order valence-electron chi connectivity index (χ4n) is 2.47. The van der Waals surface area contributed by atoms with Gasteiger partial charge in [0.15, 0.2) is 0 Å². The average Bonchev–Trinajstić information content (AvgIpc) is 2.12. The van der Waals surface area contributed by atoms with Gasteiger partial charge in [-0.3, -0.25) is 0 Å². The van der Waals surface area contributed by atoms with Crippen LogP contribution in [0.15, 0.2) is 12.1 Å². The second-order valence-electron chi connectivity index (χ2n) is 4.61. The maximum atomic E-state index is 3.22. The first-order valence-corrected chi connectivity index (χ1v) is 5.78. The predicted octanol–water partition coefficient (Wildman–Crippen LogP) is 3.32. The molecule has 0 fully saturated rings. The Labute approximate surface area is 93.9 Å². The van der Waals surface area contributed by atoms with Crippen molar-refractivity contribution in [2.24, 2.45) is 0 Å². The summed E-state index contributed by atoms with van der Waals surface area (Å²) in [5, 5.41) is 3.22. The third-order valence-electron chi connectivity index (χ3n) is 3.06. The summed E-state index contributed by atoms with van der Waals surface area (Å²) in [4.78, 5) is 0. The number of hydrogen-bond donors (Lipinski definition) is 1. The molecule has 84 valence electrons. The van der Waals surface area contributed by atoms with Gasteiger partial charge in [0, 0.05) is 0 Å². The van der Waals surface area contributed by atoms with Crippen LogP contribution in [-0.2, 0) is 0 Å². The topological polar surface area (TPSA) is 12.0 Å². The Kier molecular flexibility index (Phi) is 4.34. The van der Waals surface area contributed by atoms with Gasteiger partial charge in [0.05, 0.1) is 0 Å². The zero-order valence-corrected chi connectivity index (χ0v) is 10.6. The Morgan fingerprint density at radius 2 is 1.67 bits per heavy atom. The van der Waals surface area contributed by atoms with Crippen LogP contribution in [0.25, 0.3) is 0 Å². The van der Waals surface area contributed by atoms with Crippen molar-refractivity contribution in [1.82, 2.24) is 5.32 Å². The highest BCUT2D eigenvalue weighted by molar-refractivity contribution is 5.39. The molecule has 0 amide bonds. The van der Waals surface area contributed by atoms with Crippen LogP contribution in [0, 0.1) is 20.8 Å². The first kappa shape index (κ1) is 12.3. The van der Waals surface area contributed by atoms with E-state index in [4.69, 9.17) is 0 Å². The molecule has 0 radical (unpaired) electrons. The average molecular weight is 205 g/mol. The van der Waals surface area contributed by atoms with Crippen LogP contribution in [0.2, 0.25) is 0 Å². The summed E-state index contributed by atoms with van der Waals surface area (Å²) < 4.78 is 0. The van der Waals surface area contributed by atoms with E-state index in [0.29, 0.717) is 5.92 Å². The first-order chi connectivity index (χ1) is 7.06. The van der Waals surface area contributed by atoms with Crippen molar-refractivity contribution < 1.29 is 0 Å². The van der Waals surface area contributed by atoms with Crippen molar-refractivity contribution in [3.05, 3.63) is 34.4 Å². The summed E-state index contributed by atoms with van der Waals surface area (Å²) in [7, 11) is 2.02. The van der Waals surface area contributed by atoms with Crippen LogP contribution in [0.3, 0.4) is 0 Å². The SMILES string of the molecule is CNCCC(C)c1c(C)cc(C)cc1C. The molecule has 0 spiro atoms. The highest BCUT2D eigenvalue weighted by Crippen LogP contribution is 2.26. The summed E-state index contributed by atoms with van der Waals surface area (Å²) in [5.74, 6) is 0.651. The molecule has 0 aliphatic carbocycles. The van der Waals surface area contributed by atoms with Crippen molar-refractivity contribution in [2.45, 2.75) is 40.0 Å². The summed E-state index contributed by atoms with van der Waals surface area (Å²) in [6, 6.07) is 4.58. The molecule has 0 saturated heterocycles. The maximum Gasteiger partial charge on any atom is -0.00462 e. The Morgan fingerprint density at radius 1 is 1.13 bits per heavy atom. The van der Waals surface area contributed by atoms with E-state index in [-0.39, 0.29) is 0 Å². The standard InChI is InChI=1S/C14H23N/c1-10-8-12(3)14(13(4)9-10)11(2)6-7-15-5/h8-9,11,15H,6-7H2,1-5H3. The Morgan fingerprint density at radius 3 is 2.13 bits per heavy atom. The van der Waals surface area contributed by atoms with Gasteiger partial charge < -0.3 is 5.32 Å². The Balaban J connectivity index is 2.92. The summed E-state index contributed by atoms with van der Waals surface area (Å²) >= 11 is 0. The van der Waals surface area contributed by atoms with E-state index in [1.807, 2.05) is 7.05 Å². The molecule has 1 aromatic rings. The minimum atomic E-state index is 0.651. The fraction of sp³-hybridized carbons (Fsp3) is 0.571. The van der Waals surface area contributed by atoms with Crippen molar-refractivity contribution in [2.75, 3.05) is 13.6 Å². The molecule has 1 rings (SSSR count). The second-order valence-corrected chi connectivity index (χ2v) is 4.61. The highest BCUT2D eigenvalue weighted by atomic mass is 14.8. The van der Waals surface area contributed by atoms with Gasteiger partial charge in [0.25, 0.3) is 0 Å². The third-order valence-corrected chi connectivity index (χ3v) is 3.06. The van der Waals surface area contributed by atoms with Gasteiger partial charge in [-0.15, -0.1) is 0 Å². The van der Waals surface area contributed by atoms with Crippen LogP contribution >= 0.6 is 0 Å². The van der Waals surface area contributed by atoms with Crippen LogP contribution in [-0.4, -0.2) is 13.6 Å². The van der Waals surface area contributed by atoms with Gasteiger partial charge in [0.2, 0.25) is 0 Å². The minimum absolute atomic E-state index is 0.651. The lowest BCUT2D eigenvalue weighted by Gasteiger charge is -2.18. The van der Waals surface area contributed by atoms with Gasteiger partial charge in [-0.05, 0) is 63.4 Å². The zero-order chi connectivity index (χ0) is 11.4. The van der Waals surface area contributed by atoms with E-state index in [0.717, 1.165) is 6.54 Å². The largest absolute Gasteiger partial charge is 0.320 e. The van der Waals surface area contributed by atoms with Crippen molar-refractivity contribution in [1.29, 1.82) is 0 Å². The number of aryl methyl sites for hydroxylation is 3. The molecule has 1 atom stereocenters. The van der Waals surface area contributed by atoms with Gasteiger partial charge in [-0.25, -0.2) is 0 Å². The van der Waals surface area contributed by atoms with Crippen LogP contribution < -0.4 is 5.32 Å². The summed E-state index contributed by atoms with van der Waals surface area (Å²) in [6.07, 6.45) is 1.21. The molecule has 1 N–H and O–H groups in total. The van der Waals surface area contributed by atoms with Crippen molar-refractivity contribution >= 4 is 0 Å². The van der Waals surface area contributed by atoms with Gasteiger partial charge in [-0.1, -0.05) is 24.6 Å². The molecule has 0 saturated carbocycles. The molecule has 1 heteroatoms. The van der Waals surface area contributed by atoms with E-state index < -0.39 is 0 Å². The number of rotatable bonds is 4. The van der Waals surface area contributed by atoms with Gasteiger partial charge >= 0.3 is 0 Å². The first-order valence-electron chi connectivity index (χ1n) is 5.78. The van der Waals surface area contributed by atoms with Crippen molar-refractivity contribution in [3.8, 4) is 0 Å². The number of nitrogens with one attached hydrogen (secondary N) is 1. The monoisotopic (exact) mass is 205 g/mol. The van der Waals surface area contributed by atoms with E-state index in [1.54, 1.807) is 0 Å². The summed E-state index contributed by atoms with van der Waals surface area (Å²) in [5.41, 5.74) is 5.79. The smallest absolute Gasteiger partial charge is 0.00462 e. The quantitative estimate of drug-likeness (QED) is 0.795. The van der Waals surface area contributed by atoms with Gasteiger partial charge in [-0.2, -0.15) is 0 Å². The van der Waals surface area contributed by atoms with Crippen LogP contribution in [0.5, 0.6) is 0 Å². The lowest BCUT2D eigenvalue weighted by atomic mass is 9.88. The molecule has 1 aromatic carbocycles. The van der Waals surface area contributed by atoms with Crippen LogP contribution in [0.1, 0.15) is 41.5 Å². The third kappa shape index (κ3) is 3.07. The number of hydrogen-bond acceptors (Lipinski definition) is 1. The highest BCUT2D eigenvalue weighted by Gasteiger charge is 2.11. The lowest BCUT2D eigenvalue weighted by molar-refractivity contribution is 0.631. The molecule has 15 heavy (non-hydrogen) atoms. The van der Waals surface area contributed by atoms with E-state index in [9.17, 15) is 0 Å². The number of benzene rings is 1. The molecule has 1 unspecified atom stereocenters. The molecule has 0 bridgehead atoms. The minimum Gasteiger partial charge on any atom is -0.320 e. The van der Waals surface area contributed by atoms with Crippen molar-refractivity contribution in [3.63, 3.8) is 0 Å². The molecule has 0 aromatic heterocycles. The molecule has 0 heterocycles. The van der Waals surface area contributed by atoms with E-state index in [1.165, 1.54) is 28.7 Å². The second kappa shape index (κ2) is 5.32. The molecule has 0 aliphatic heterocycles. The van der Waals surface area contributed by atoms with E-state index >= 15 is 0 Å². The molecule has 1 nitrogen and oxygen atoms in total. The molecular weight excluding hydrogens is 182 g/mol. The molecular formula is C14H23N.